The second-order valence-electron chi connectivity index (χ2n) is 6.73. The van der Waals surface area contributed by atoms with E-state index in [2.05, 4.69) is 5.32 Å². The largest absolute Gasteiger partial charge is 0.462 e. The second kappa shape index (κ2) is 11.3. The number of piperazine rings is 1. The summed E-state index contributed by atoms with van der Waals surface area (Å²) in [6.07, 6.45) is 1.52. The van der Waals surface area contributed by atoms with Gasteiger partial charge in [-0.05, 0) is 37.6 Å². The molecule has 0 aliphatic carbocycles. The smallest absolute Gasteiger partial charge is 0.410 e. The number of esters is 1. The third kappa shape index (κ3) is 6.84. The summed E-state index contributed by atoms with van der Waals surface area (Å²) < 4.78 is 10.2. The summed E-state index contributed by atoms with van der Waals surface area (Å²) in [5.41, 5.74) is 1.11. The van der Waals surface area contributed by atoms with Gasteiger partial charge in [0.2, 0.25) is 0 Å². The van der Waals surface area contributed by atoms with Gasteiger partial charge in [0, 0.05) is 5.69 Å². The maximum atomic E-state index is 12.3. The molecule has 1 fully saturated rings. The first kappa shape index (κ1) is 21.7. The number of quaternary nitrogens is 1. The molecule has 8 heteroatoms. The predicted molar refractivity (Wildman–Crippen MR) is 104 cm³/mol. The van der Waals surface area contributed by atoms with Gasteiger partial charge in [-0.25, -0.2) is 9.59 Å². The van der Waals surface area contributed by atoms with E-state index in [-0.39, 0.29) is 18.0 Å². The zero-order valence-electron chi connectivity index (χ0n) is 16.7. The summed E-state index contributed by atoms with van der Waals surface area (Å²) in [5, 5.41) is 2.84. The van der Waals surface area contributed by atoms with Crippen molar-refractivity contribution in [1.82, 2.24) is 4.90 Å². The van der Waals surface area contributed by atoms with Gasteiger partial charge in [0.15, 0.2) is 6.54 Å². The highest BCUT2D eigenvalue weighted by Crippen LogP contribution is 2.10. The highest BCUT2D eigenvalue weighted by Gasteiger charge is 2.25. The predicted octanol–water partition coefficient (Wildman–Crippen LogP) is 0.939. The van der Waals surface area contributed by atoms with Crippen molar-refractivity contribution >= 4 is 23.7 Å². The van der Waals surface area contributed by atoms with Crippen LogP contribution in [-0.4, -0.2) is 68.8 Å². The van der Waals surface area contributed by atoms with Gasteiger partial charge in [-0.2, -0.15) is 0 Å². The van der Waals surface area contributed by atoms with E-state index < -0.39 is 0 Å². The van der Waals surface area contributed by atoms with Crippen LogP contribution in [0, 0.1) is 0 Å². The third-order valence-corrected chi connectivity index (χ3v) is 4.54. The van der Waals surface area contributed by atoms with Gasteiger partial charge in [0.25, 0.3) is 5.91 Å². The zero-order chi connectivity index (χ0) is 20.4. The molecule has 0 atom stereocenters. The molecule has 28 heavy (non-hydrogen) atoms. The molecule has 0 radical (unpaired) electrons. The first-order valence-electron chi connectivity index (χ1n) is 9.85. The number of nitrogens with one attached hydrogen (secondary N) is 2. The Morgan fingerprint density at radius 2 is 1.75 bits per heavy atom. The Morgan fingerprint density at radius 1 is 1.07 bits per heavy atom. The van der Waals surface area contributed by atoms with Gasteiger partial charge >= 0.3 is 12.1 Å². The van der Waals surface area contributed by atoms with Crippen molar-refractivity contribution in [2.24, 2.45) is 0 Å². The van der Waals surface area contributed by atoms with Crippen molar-refractivity contribution < 1.29 is 28.8 Å². The van der Waals surface area contributed by atoms with Crippen molar-refractivity contribution in [3.8, 4) is 0 Å². The molecular weight excluding hydrogens is 362 g/mol. The average Bonchev–Trinajstić information content (AvgIpc) is 2.69. The van der Waals surface area contributed by atoms with Crippen LogP contribution in [0.4, 0.5) is 10.5 Å². The number of rotatable bonds is 8. The molecule has 8 nitrogen and oxygen atoms in total. The standard InChI is InChI=1S/C20H29N3O5/c1-3-5-14-28-19(25)16-6-8-17(9-7-16)21-18(24)15-22-10-12-23(13-11-22)20(26)27-4-2/h6-9H,3-5,10-15H2,1-2H3,(H,21,24)/p+1. The molecule has 1 heterocycles. The maximum absolute atomic E-state index is 12.3. The SMILES string of the molecule is CCCCOC(=O)c1ccc(NC(=O)C[NH+]2CCN(C(=O)OCC)CC2)cc1. The highest BCUT2D eigenvalue weighted by atomic mass is 16.6. The fourth-order valence-electron chi connectivity index (χ4n) is 2.91. The second-order valence-corrected chi connectivity index (χ2v) is 6.73. The fraction of sp³-hybridized carbons (Fsp3) is 0.550. The van der Waals surface area contributed by atoms with E-state index in [1.165, 1.54) is 0 Å². The Balaban J connectivity index is 1.74. The van der Waals surface area contributed by atoms with Crippen LogP contribution in [0.1, 0.15) is 37.0 Å². The van der Waals surface area contributed by atoms with Crippen LogP contribution >= 0.6 is 0 Å². The first-order valence-corrected chi connectivity index (χ1v) is 9.85. The van der Waals surface area contributed by atoms with Gasteiger partial charge in [-0.3, -0.25) is 9.69 Å². The lowest BCUT2D eigenvalue weighted by molar-refractivity contribution is -0.895. The number of nitrogens with zero attached hydrogens (tertiary/aromatic N) is 1. The number of amides is 2. The van der Waals surface area contributed by atoms with Crippen LogP contribution in [0.5, 0.6) is 0 Å². The van der Waals surface area contributed by atoms with Crippen molar-refractivity contribution in [3.63, 3.8) is 0 Å². The molecule has 2 N–H and O–H groups in total. The average molecular weight is 392 g/mol. The van der Waals surface area contributed by atoms with Gasteiger partial charge in [-0.15, -0.1) is 0 Å². The molecule has 1 aromatic rings. The number of benzene rings is 1. The Labute approximate surface area is 165 Å². The van der Waals surface area contributed by atoms with E-state index in [4.69, 9.17) is 9.47 Å². The molecule has 0 spiro atoms. The van der Waals surface area contributed by atoms with Crippen LogP contribution in [0.3, 0.4) is 0 Å². The summed E-state index contributed by atoms with van der Waals surface area (Å²) in [6, 6.07) is 6.69. The maximum Gasteiger partial charge on any atom is 0.410 e. The van der Waals surface area contributed by atoms with Crippen molar-refractivity contribution in [1.29, 1.82) is 0 Å². The molecule has 154 valence electrons. The Morgan fingerprint density at radius 3 is 2.36 bits per heavy atom. The molecule has 0 saturated carbocycles. The number of ether oxygens (including phenoxy) is 2. The molecule has 1 aliphatic rings. The molecule has 2 amide bonds. The minimum atomic E-state index is -0.352. The number of anilines is 1. The number of hydrogen-bond donors (Lipinski definition) is 2. The van der Waals surface area contributed by atoms with Crippen LogP contribution in [0.25, 0.3) is 0 Å². The molecule has 1 saturated heterocycles. The van der Waals surface area contributed by atoms with Crippen molar-refractivity contribution in [2.75, 3.05) is 51.3 Å². The molecule has 1 aliphatic heterocycles. The topological polar surface area (TPSA) is 89.4 Å². The van der Waals surface area contributed by atoms with Crippen molar-refractivity contribution in [3.05, 3.63) is 29.8 Å². The van der Waals surface area contributed by atoms with E-state index >= 15 is 0 Å². The van der Waals surface area contributed by atoms with E-state index in [1.807, 2.05) is 6.92 Å². The molecule has 2 rings (SSSR count). The third-order valence-electron chi connectivity index (χ3n) is 4.54. The molecule has 0 unspecified atom stereocenters. The van der Waals surface area contributed by atoms with Gasteiger partial charge < -0.3 is 19.7 Å². The Kier molecular flexibility index (Phi) is 8.74. The lowest BCUT2D eigenvalue weighted by atomic mass is 10.2. The quantitative estimate of drug-likeness (QED) is 0.508. The summed E-state index contributed by atoms with van der Waals surface area (Å²) in [7, 11) is 0. The van der Waals surface area contributed by atoms with E-state index in [0.29, 0.717) is 57.2 Å². The monoisotopic (exact) mass is 392 g/mol. The Bertz CT molecular complexity index is 654. The zero-order valence-corrected chi connectivity index (χ0v) is 16.7. The van der Waals surface area contributed by atoms with Gasteiger partial charge in [-0.1, -0.05) is 13.3 Å². The van der Waals surface area contributed by atoms with Gasteiger partial charge in [0.05, 0.1) is 45.0 Å². The minimum absolute atomic E-state index is 0.0992. The van der Waals surface area contributed by atoms with E-state index in [0.717, 1.165) is 17.7 Å². The van der Waals surface area contributed by atoms with E-state index in [9.17, 15) is 14.4 Å². The normalized spacial score (nSPS) is 14.4. The highest BCUT2D eigenvalue weighted by molar-refractivity contribution is 5.93. The number of unbranched alkanes of at least 4 members (excludes halogenated alkanes) is 1. The number of hydrogen-bond acceptors (Lipinski definition) is 5. The summed E-state index contributed by atoms with van der Waals surface area (Å²) in [6.45, 7) is 7.50. The van der Waals surface area contributed by atoms with Crippen LogP contribution in [-0.2, 0) is 14.3 Å². The Hall–Kier alpha value is -2.61. The summed E-state index contributed by atoms with van der Waals surface area (Å²) >= 11 is 0. The fourth-order valence-corrected chi connectivity index (χ4v) is 2.91. The van der Waals surface area contributed by atoms with Crippen molar-refractivity contribution in [2.45, 2.75) is 26.7 Å². The number of carbonyl (C=O) groups excluding carboxylic acids is 3. The molecule has 0 aromatic heterocycles. The molecular formula is C20H30N3O5+. The summed E-state index contributed by atoms with van der Waals surface area (Å²) in [5.74, 6) is -0.451. The first-order chi connectivity index (χ1) is 13.5. The van der Waals surface area contributed by atoms with Gasteiger partial charge in [0.1, 0.15) is 0 Å². The molecule has 1 aromatic carbocycles. The molecule has 0 bridgehead atoms. The van der Waals surface area contributed by atoms with Crippen LogP contribution in [0.2, 0.25) is 0 Å². The number of carbonyl (C=O) groups is 3. The van der Waals surface area contributed by atoms with Crippen LogP contribution < -0.4 is 10.2 Å². The lowest BCUT2D eigenvalue weighted by Gasteiger charge is -2.31. The lowest BCUT2D eigenvalue weighted by Crippen LogP contribution is -3.15. The van der Waals surface area contributed by atoms with E-state index in [1.54, 1.807) is 36.1 Å². The van der Waals surface area contributed by atoms with Crippen LogP contribution in [0.15, 0.2) is 24.3 Å². The summed E-state index contributed by atoms with van der Waals surface area (Å²) in [4.78, 5) is 38.6. The minimum Gasteiger partial charge on any atom is -0.462 e.